The molecule has 2 rings (SSSR count). The molecule has 88 valence electrons. The first kappa shape index (κ1) is 11.9. The van der Waals surface area contributed by atoms with Gasteiger partial charge in [-0.25, -0.2) is 0 Å². The summed E-state index contributed by atoms with van der Waals surface area (Å²) in [5, 5.41) is 0.715. The summed E-state index contributed by atoms with van der Waals surface area (Å²) in [6.45, 7) is 4.63. The molecule has 2 aromatic rings. The van der Waals surface area contributed by atoms with Crippen molar-refractivity contribution in [2.45, 2.75) is 20.4 Å². The van der Waals surface area contributed by atoms with Crippen LogP contribution in [0.2, 0.25) is 5.02 Å². The van der Waals surface area contributed by atoms with E-state index in [1.165, 1.54) is 0 Å². The zero-order chi connectivity index (χ0) is 12.4. The summed E-state index contributed by atoms with van der Waals surface area (Å²) in [5.74, 6) is 0. The lowest BCUT2D eigenvalue weighted by Gasteiger charge is -2.12. The van der Waals surface area contributed by atoms with E-state index in [-0.39, 0.29) is 5.56 Å². The lowest BCUT2D eigenvalue weighted by atomic mass is 10.0. The van der Waals surface area contributed by atoms with Crippen LogP contribution in [0.1, 0.15) is 12.5 Å². The number of rotatable bonds is 2. The van der Waals surface area contributed by atoms with Crippen molar-refractivity contribution in [1.29, 1.82) is 0 Å². The van der Waals surface area contributed by atoms with Gasteiger partial charge in [-0.05, 0) is 37.6 Å². The first-order valence-electron chi connectivity index (χ1n) is 5.60. The highest BCUT2D eigenvalue weighted by molar-refractivity contribution is 6.30. The van der Waals surface area contributed by atoms with E-state index in [2.05, 4.69) is 0 Å². The average molecular weight is 248 g/mol. The zero-order valence-corrected chi connectivity index (χ0v) is 10.7. The van der Waals surface area contributed by atoms with Gasteiger partial charge in [0, 0.05) is 23.2 Å². The molecule has 0 aliphatic rings. The Morgan fingerprint density at radius 2 is 2.00 bits per heavy atom. The maximum Gasteiger partial charge on any atom is 0.250 e. The van der Waals surface area contributed by atoms with E-state index in [9.17, 15) is 4.79 Å². The Labute approximate surface area is 105 Å². The molecule has 3 heteroatoms. The van der Waals surface area contributed by atoms with Crippen molar-refractivity contribution >= 4 is 11.6 Å². The number of aryl methyl sites for hydroxylation is 1. The number of benzene rings is 1. The smallest absolute Gasteiger partial charge is 0.250 e. The molecular formula is C14H14ClNO. The lowest BCUT2D eigenvalue weighted by Crippen LogP contribution is -2.19. The van der Waals surface area contributed by atoms with Crippen molar-refractivity contribution in [2.24, 2.45) is 0 Å². The van der Waals surface area contributed by atoms with Gasteiger partial charge in [0.25, 0.3) is 5.56 Å². The Morgan fingerprint density at radius 3 is 2.65 bits per heavy atom. The standard InChI is InChI=1S/C14H14ClNO/c1-3-16-13(5-4-6-14(16)17)12-8-7-11(15)9-10(12)2/h4-9H,3H2,1-2H3. The molecule has 0 radical (unpaired) electrons. The number of pyridine rings is 1. The minimum absolute atomic E-state index is 0.0272. The molecule has 17 heavy (non-hydrogen) atoms. The predicted octanol–water partition coefficient (Wildman–Crippen LogP) is 3.50. The van der Waals surface area contributed by atoms with Crippen LogP contribution in [0.25, 0.3) is 11.3 Å². The van der Waals surface area contributed by atoms with Crippen molar-refractivity contribution in [3.8, 4) is 11.3 Å². The lowest BCUT2D eigenvalue weighted by molar-refractivity contribution is 0.735. The molecule has 0 atom stereocenters. The molecule has 0 bridgehead atoms. The quantitative estimate of drug-likeness (QED) is 0.796. The van der Waals surface area contributed by atoms with E-state index in [0.29, 0.717) is 11.6 Å². The molecule has 1 aromatic carbocycles. The fourth-order valence-electron chi connectivity index (χ4n) is 2.00. The third-order valence-electron chi connectivity index (χ3n) is 2.83. The van der Waals surface area contributed by atoms with Gasteiger partial charge < -0.3 is 4.57 Å². The third-order valence-corrected chi connectivity index (χ3v) is 3.07. The van der Waals surface area contributed by atoms with Crippen LogP contribution in [0.3, 0.4) is 0 Å². The van der Waals surface area contributed by atoms with Gasteiger partial charge in [-0.1, -0.05) is 23.7 Å². The highest BCUT2D eigenvalue weighted by atomic mass is 35.5. The van der Waals surface area contributed by atoms with Gasteiger partial charge in [-0.3, -0.25) is 4.79 Å². The van der Waals surface area contributed by atoms with Crippen LogP contribution in [-0.4, -0.2) is 4.57 Å². The van der Waals surface area contributed by atoms with Crippen LogP contribution < -0.4 is 5.56 Å². The van der Waals surface area contributed by atoms with Crippen LogP contribution in [0.15, 0.2) is 41.2 Å². The van der Waals surface area contributed by atoms with E-state index in [1.54, 1.807) is 16.7 Å². The molecule has 0 unspecified atom stereocenters. The molecule has 0 fully saturated rings. The largest absolute Gasteiger partial charge is 0.309 e. The average Bonchev–Trinajstić information content (AvgIpc) is 2.29. The first-order chi connectivity index (χ1) is 8.13. The summed E-state index contributed by atoms with van der Waals surface area (Å²) >= 11 is 5.94. The summed E-state index contributed by atoms with van der Waals surface area (Å²) in [6, 6.07) is 11.0. The SMILES string of the molecule is CCn1c(-c2ccc(Cl)cc2C)cccc1=O. The minimum Gasteiger partial charge on any atom is -0.309 e. The van der Waals surface area contributed by atoms with Gasteiger partial charge in [0.05, 0.1) is 5.69 Å². The van der Waals surface area contributed by atoms with Gasteiger partial charge in [-0.2, -0.15) is 0 Å². The molecule has 0 saturated heterocycles. The monoisotopic (exact) mass is 247 g/mol. The Balaban J connectivity index is 2.68. The molecule has 0 aliphatic carbocycles. The Bertz CT molecular complexity index is 601. The van der Waals surface area contributed by atoms with Crippen LogP contribution >= 0.6 is 11.6 Å². The Hall–Kier alpha value is -1.54. The van der Waals surface area contributed by atoms with Gasteiger partial charge in [0.1, 0.15) is 0 Å². The second kappa shape index (κ2) is 4.76. The van der Waals surface area contributed by atoms with E-state index in [0.717, 1.165) is 16.8 Å². The maximum atomic E-state index is 11.8. The van der Waals surface area contributed by atoms with E-state index in [1.807, 2.05) is 38.1 Å². The fraction of sp³-hybridized carbons (Fsp3) is 0.214. The highest BCUT2D eigenvalue weighted by Crippen LogP contribution is 2.24. The number of hydrogen-bond donors (Lipinski definition) is 0. The second-order valence-corrected chi connectivity index (χ2v) is 4.39. The summed E-state index contributed by atoms with van der Waals surface area (Å²) in [4.78, 5) is 11.8. The van der Waals surface area contributed by atoms with Crippen molar-refractivity contribution < 1.29 is 0 Å². The number of hydrogen-bond acceptors (Lipinski definition) is 1. The summed E-state index contributed by atoms with van der Waals surface area (Å²) in [5.41, 5.74) is 3.09. The molecule has 2 nitrogen and oxygen atoms in total. The minimum atomic E-state index is 0.0272. The van der Waals surface area contributed by atoms with Crippen molar-refractivity contribution in [3.63, 3.8) is 0 Å². The van der Waals surface area contributed by atoms with E-state index >= 15 is 0 Å². The number of nitrogens with zero attached hydrogens (tertiary/aromatic N) is 1. The molecule has 0 saturated carbocycles. The third kappa shape index (κ3) is 2.27. The number of halogens is 1. The van der Waals surface area contributed by atoms with E-state index < -0.39 is 0 Å². The topological polar surface area (TPSA) is 22.0 Å². The highest BCUT2D eigenvalue weighted by Gasteiger charge is 2.07. The summed E-state index contributed by atoms with van der Waals surface area (Å²) in [6.07, 6.45) is 0. The van der Waals surface area contributed by atoms with Gasteiger partial charge in [0.15, 0.2) is 0 Å². The van der Waals surface area contributed by atoms with Crippen LogP contribution in [0.5, 0.6) is 0 Å². The van der Waals surface area contributed by atoms with Crippen molar-refractivity contribution in [2.75, 3.05) is 0 Å². The normalized spacial score (nSPS) is 10.5. The summed E-state index contributed by atoms with van der Waals surface area (Å²) < 4.78 is 1.76. The molecular weight excluding hydrogens is 234 g/mol. The molecule has 0 amide bonds. The molecule has 0 aliphatic heterocycles. The Kier molecular flexibility index (Phi) is 3.34. The van der Waals surface area contributed by atoms with Gasteiger partial charge >= 0.3 is 0 Å². The van der Waals surface area contributed by atoms with Crippen molar-refractivity contribution in [1.82, 2.24) is 4.57 Å². The molecule has 0 spiro atoms. The van der Waals surface area contributed by atoms with Crippen LogP contribution in [-0.2, 0) is 6.54 Å². The van der Waals surface area contributed by atoms with Crippen LogP contribution in [0.4, 0.5) is 0 Å². The summed E-state index contributed by atoms with van der Waals surface area (Å²) in [7, 11) is 0. The molecule has 0 N–H and O–H groups in total. The van der Waals surface area contributed by atoms with E-state index in [4.69, 9.17) is 11.6 Å². The zero-order valence-electron chi connectivity index (χ0n) is 9.90. The molecule has 1 heterocycles. The van der Waals surface area contributed by atoms with Crippen LogP contribution in [0, 0.1) is 6.92 Å². The number of aromatic nitrogens is 1. The molecule has 1 aromatic heterocycles. The van der Waals surface area contributed by atoms with Crippen molar-refractivity contribution in [3.05, 3.63) is 57.3 Å². The maximum absolute atomic E-state index is 11.8. The fourth-order valence-corrected chi connectivity index (χ4v) is 2.22. The van der Waals surface area contributed by atoms with Gasteiger partial charge in [-0.15, -0.1) is 0 Å². The second-order valence-electron chi connectivity index (χ2n) is 3.95. The first-order valence-corrected chi connectivity index (χ1v) is 5.97. The Morgan fingerprint density at radius 1 is 1.24 bits per heavy atom. The predicted molar refractivity (Wildman–Crippen MR) is 71.6 cm³/mol. The van der Waals surface area contributed by atoms with Gasteiger partial charge in [0.2, 0.25) is 0 Å².